The molecule has 16 nitrogen and oxygen atoms in total. The summed E-state index contributed by atoms with van der Waals surface area (Å²) in [5.41, 5.74) is -0.0391. The Hall–Kier alpha value is -4.64. The van der Waals surface area contributed by atoms with Crippen molar-refractivity contribution in [3.63, 3.8) is 0 Å². The number of amides is 5. The minimum atomic E-state index is -3.91. The van der Waals surface area contributed by atoms with Crippen LogP contribution in [0.15, 0.2) is 30.9 Å². The third-order valence-corrected chi connectivity index (χ3v) is 14.9. The molecule has 326 valence electrons. The van der Waals surface area contributed by atoms with E-state index in [1.807, 2.05) is 19.1 Å². The Labute approximate surface area is 351 Å². The maximum atomic E-state index is 15.1. The molecule has 2 saturated heterocycles. The predicted octanol–water partition coefficient (Wildman–Crippen LogP) is 3.75. The van der Waals surface area contributed by atoms with Crippen molar-refractivity contribution in [2.75, 3.05) is 40.0 Å². The zero-order valence-corrected chi connectivity index (χ0v) is 35.4. The number of hydrogen-bond donors (Lipinski definition) is 3. The van der Waals surface area contributed by atoms with Crippen molar-refractivity contribution in [2.24, 2.45) is 11.8 Å². The first-order valence-corrected chi connectivity index (χ1v) is 23.3. The van der Waals surface area contributed by atoms with Gasteiger partial charge in [-0.25, -0.2) is 18.2 Å². The molecule has 3 aliphatic carbocycles. The van der Waals surface area contributed by atoms with E-state index in [4.69, 9.17) is 23.9 Å². The Kier molecular flexibility index (Phi) is 12.2. The lowest BCUT2D eigenvalue weighted by atomic mass is 9.83. The molecule has 0 spiro atoms. The van der Waals surface area contributed by atoms with Crippen molar-refractivity contribution in [2.45, 2.75) is 125 Å². The van der Waals surface area contributed by atoms with Crippen LogP contribution < -0.4 is 29.6 Å². The van der Waals surface area contributed by atoms with Crippen molar-refractivity contribution in [1.82, 2.24) is 30.1 Å². The van der Waals surface area contributed by atoms with Crippen LogP contribution >= 0.6 is 0 Å². The normalized spacial score (nSPS) is 29.1. The number of carbonyl (C=O) groups is 4. The SMILES string of the molecule is C=CC1C[C@]1(NC(=O)[C@@H]1C[C@@H]2CN1C(=O)[C@H](C1CCCCC1)NC(=O)N1CCC[C@@H](C1)OCCCc1cc3c(cc(OCC)nc3cc1OC)O2)C(=O)NS(=O)(=O)C1CC1. The number of nitrogens with zero attached hydrogens (tertiary/aromatic N) is 3. The van der Waals surface area contributed by atoms with E-state index in [1.54, 1.807) is 18.1 Å². The largest absolute Gasteiger partial charge is 0.496 e. The second-order valence-electron chi connectivity index (χ2n) is 17.2. The molecule has 5 amide bonds. The number of aromatic nitrogens is 1. The number of pyridine rings is 1. The summed E-state index contributed by atoms with van der Waals surface area (Å²) in [7, 11) is -2.30. The second kappa shape index (κ2) is 17.4. The number of fused-ring (bicyclic) bond motifs is 5. The zero-order chi connectivity index (χ0) is 42.2. The fourth-order valence-electron chi connectivity index (χ4n) is 9.55. The maximum Gasteiger partial charge on any atom is 0.318 e. The summed E-state index contributed by atoms with van der Waals surface area (Å²) in [6.45, 7) is 7.46. The van der Waals surface area contributed by atoms with Crippen molar-refractivity contribution >= 4 is 44.7 Å². The van der Waals surface area contributed by atoms with Gasteiger partial charge >= 0.3 is 6.03 Å². The summed E-state index contributed by atoms with van der Waals surface area (Å²) < 4.78 is 52.7. The zero-order valence-electron chi connectivity index (χ0n) is 34.6. The van der Waals surface area contributed by atoms with Crippen LogP contribution in [-0.4, -0.2) is 122 Å². The average Bonchev–Trinajstić information content (AvgIpc) is 4.18. The molecule has 5 fully saturated rings. The fraction of sp³-hybridized carbons (Fsp3) is 0.651. The van der Waals surface area contributed by atoms with E-state index in [9.17, 15) is 22.8 Å². The quantitative estimate of drug-likeness (QED) is 0.295. The van der Waals surface area contributed by atoms with Gasteiger partial charge in [-0.1, -0.05) is 25.3 Å². The molecule has 17 heteroatoms. The van der Waals surface area contributed by atoms with E-state index in [0.29, 0.717) is 80.3 Å². The number of piperidine rings is 1. The van der Waals surface area contributed by atoms with Crippen LogP contribution in [0.25, 0.3) is 10.9 Å². The third-order valence-electron chi connectivity index (χ3n) is 13.1. The Morgan fingerprint density at radius 1 is 1.05 bits per heavy atom. The minimum absolute atomic E-state index is 0.00653. The Balaban J connectivity index is 1.17. The molecule has 3 N–H and O–H groups in total. The highest BCUT2D eigenvalue weighted by Gasteiger charge is 2.62. The minimum Gasteiger partial charge on any atom is -0.496 e. The van der Waals surface area contributed by atoms with Crippen LogP contribution in [-0.2, 0) is 35.6 Å². The number of ether oxygens (including phenoxy) is 4. The third kappa shape index (κ3) is 8.74. The lowest BCUT2D eigenvalue weighted by Crippen LogP contribution is -2.60. The number of benzene rings is 1. The van der Waals surface area contributed by atoms with Gasteiger partial charge in [-0.15, -0.1) is 6.58 Å². The number of hydrogen-bond acceptors (Lipinski definition) is 11. The average molecular weight is 851 g/mol. The van der Waals surface area contributed by atoms with Gasteiger partial charge in [0.15, 0.2) is 0 Å². The monoisotopic (exact) mass is 850 g/mol. The molecule has 60 heavy (non-hydrogen) atoms. The number of nitrogens with one attached hydrogen (secondary N) is 3. The van der Waals surface area contributed by atoms with Crippen molar-refractivity contribution in [3.05, 3.63) is 36.4 Å². The van der Waals surface area contributed by atoms with E-state index < -0.39 is 62.6 Å². The van der Waals surface area contributed by atoms with E-state index in [1.165, 1.54) is 11.0 Å². The number of sulfonamides is 1. The van der Waals surface area contributed by atoms with Crippen molar-refractivity contribution in [1.29, 1.82) is 0 Å². The molecule has 3 saturated carbocycles. The molecule has 8 rings (SSSR count). The van der Waals surface area contributed by atoms with Crippen LogP contribution in [0.2, 0.25) is 0 Å². The topological polar surface area (TPSA) is 195 Å². The summed E-state index contributed by atoms with van der Waals surface area (Å²) in [5, 5.41) is 6.07. The Morgan fingerprint density at radius 2 is 1.85 bits per heavy atom. The Morgan fingerprint density at radius 3 is 2.57 bits per heavy atom. The summed E-state index contributed by atoms with van der Waals surface area (Å²) >= 11 is 0. The summed E-state index contributed by atoms with van der Waals surface area (Å²) in [6, 6.07) is 3.18. The van der Waals surface area contributed by atoms with E-state index >= 15 is 4.79 Å². The van der Waals surface area contributed by atoms with Gasteiger partial charge in [0.25, 0.3) is 5.91 Å². The molecular formula is C43H58N6O10S. The first-order valence-electron chi connectivity index (χ1n) is 21.7. The summed E-state index contributed by atoms with van der Waals surface area (Å²) in [4.78, 5) is 65.6. The van der Waals surface area contributed by atoms with Crippen LogP contribution in [0.3, 0.4) is 0 Å². The highest BCUT2D eigenvalue weighted by atomic mass is 32.2. The Bertz CT molecular complexity index is 2110. The molecule has 0 radical (unpaired) electrons. The van der Waals surface area contributed by atoms with Crippen molar-refractivity contribution < 1.29 is 46.5 Å². The number of urea groups is 1. The lowest BCUT2D eigenvalue weighted by molar-refractivity contribution is -0.142. The number of methoxy groups -OCH3 is 1. The first kappa shape index (κ1) is 42.1. The van der Waals surface area contributed by atoms with Gasteiger partial charge in [0.2, 0.25) is 27.7 Å². The van der Waals surface area contributed by atoms with Gasteiger partial charge in [-0.3, -0.25) is 19.1 Å². The fourth-order valence-corrected chi connectivity index (χ4v) is 10.9. The first-order chi connectivity index (χ1) is 28.9. The molecular weight excluding hydrogens is 793 g/mol. The van der Waals surface area contributed by atoms with Crippen LogP contribution in [0, 0.1) is 11.8 Å². The van der Waals surface area contributed by atoms with Gasteiger partial charge in [-0.2, -0.15) is 0 Å². The highest BCUT2D eigenvalue weighted by Crippen LogP contribution is 2.46. The maximum absolute atomic E-state index is 15.1. The second-order valence-corrected chi connectivity index (χ2v) is 19.2. The molecule has 6 aliphatic rings. The van der Waals surface area contributed by atoms with Gasteiger partial charge in [0.05, 0.1) is 37.1 Å². The summed E-state index contributed by atoms with van der Waals surface area (Å²) in [5.74, 6) is -1.07. The molecule has 1 aromatic heterocycles. The smallest absolute Gasteiger partial charge is 0.318 e. The van der Waals surface area contributed by atoms with Crippen LogP contribution in [0.1, 0.15) is 89.5 Å². The molecule has 6 atom stereocenters. The standard InChI is InChI=1S/C43H58N6O10S/c1-4-28-23-43(28,41(52)47-60(54,55)31-15-16-31)46-39(50)34-20-30-25-49(34)40(51)38(26-11-7-6-8-12-26)45-42(53)48-17-9-14-29(24-48)58-18-10-13-27-19-32-33(21-35(27)56-3)44-37(57-5-2)22-36(32)59-30/h4,19,21-22,26,28-31,34,38H,1,5-18,20,23-25H2,2-3H3,(H,45,53)(H,46,50)(H,47,52)/t28?,29-,30+,34-,38-,43+/m0/s1. The number of aryl methyl sites for hydroxylation is 1. The van der Waals surface area contributed by atoms with E-state index in [-0.39, 0.29) is 37.4 Å². The molecule has 1 aromatic carbocycles. The summed E-state index contributed by atoms with van der Waals surface area (Å²) in [6.07, 6.45) is 9.06. The number of carbonyl (C=O) groups excluding carboxylic acids is 4. The van der Waals surface area contributed by atoms with Gasteiger partial charge < -0.3 is 39.4 Å². The highest BCUT2D eigenvalue weighted by molar-refractivity contribution is 7.91. The molecule has 3 aliphatic heterocycles. The molecule has 2 aromatic rings. The van der Waals surface area contributed by atoms with Gasteiger partial charge in [0, 0.05) is 49.6 Å². The lowest BCUT2D eigenvalue weighted by Gasteiger charge is -2.37. The van der Waals surface area contributed by atoms with E-state index in [2.05, 4.69) is 21.9 Å². The number of rotatable bonds is 10. The predicted molar refractivity (Wildman–Crippen MR) is 221 cm³/mol. The van der Waals surface area contributed by atoms with Crippen LogP contribution in [0.5, 0.6) is 17.4 Å². The van der Waals surface area contributed by atoms with E-state index in [0.717, 1.165) is 50.5 Å². The van der Waals surface area contributed by atoms with Crippen LogP contribution in [0.4, 0.5) is 4.79 Å². The molecule has 1 unspecified atom stereocenters. The molecule has 4 heterocycles. The molecule has 6 bridgehead atoms. The van der Waals surface area contributed by atoms with Crippen molar-refractivity contribution in [3.8, 4) is 17.4 Å². The van der Waals surface area contributed by atoms with Gasteiger partial charge in [0.1, 0.15) is 35.2 Å². The van der Waals surface area contributed by atoms with Gasteiger partial charge in [-0.05, 0) is 82.3 Å².